The van der Waals surface area contributed by atoms with Crippen molar-refractivity contribution < 1.29 is 13.3 Å². The highest BCUT2D eigenvalue weighted by Crippen LogP contribution is 2.16. The van der Waals surface area contributed by atoms with E-state index in [4.69, 9.17) is 5.73 Å². The van der Waals surface area contributed by atoms with Gasteiger partial charge in [-0.2, -0.15) is 0 Å². The SMILES string of the molecule is CC(N)c1ccc(CNS(=O)(=O)c2ccc([N+](=O)[O-])cc2)cc1.Cl. The summed E-state index contributed by atoms with van der Waals surface area (Å²) in [4.78, 5) is 9.98. The van der Waals surface area contributed by atoms with Gasteiger partial charge in [0.05, 0.1) is 9.82 Å². The molecule has 0 saturated carbocycles. The number of benzene rings is 2. The molecule has 2 rings (SSSR count). The van der Waals surface area contributed by atoms with Crippen LogP contribution in [0.25, 0.3) is 0 Å². The molecule has 2 aromatic carbocycles. The number of non-ortho nitro benzene ring substituents is 1. The minimum Gasteiger partial charge on any atom is -0.324 e. The molecule has 3 N–H and O–H groups in total. The van der Waals surface area contributed by atoms with Gasteiger partial charge in [-0.15, -0.1) is 12.4 Å². The molecule has 0 spiro atoms. The lowest BCUT2D eigenvalue weighted by atomic mass is 10.1. The molecule has 1 unspecified atom stereocenters. The number of nitrogens with two attached hydrogens (primary N) is 1. The zero-order valence-electron chi connectivity index (χ0n) is 12.9. The van der Waals surface area contributed by atoms with Crippen LogP contribution in [0.4, 0.5) is 5.69 Å². The fourth-order valence-corrected chi connectivity index (χ4v) is 2.97. The second-order valence-electron chi connectivity index (χ2n) is 5.11. The Labute approximate surface area is 146 Å². The fraction of sp³-hybridized carbons (Fsp3) is 0.200. The van der Waals surface area contributed by atoms with Crippen LogP contribution in [-0.4, -0.2) is 13.3 Å². The fourth-order valence-electron chi connectivity index (χ4n) is 1.95. The summed E-state index contributed by atoms with van der Waals surface area (Å²) in [6.45, 7) is 1.99. The summed E-state index contributed by atoms with van der Waals surface area (Å²) in [6, 6.07) is 12.0. The van der Waals surface area contributed by atoms with Gasteiger partial charge in [-0.25, -0.2) is 13.1 Å². The van der Waals surface area contributed by atoms with Crippen LogP contribution < -0.4 is 10.5 Å². The predicted molar refractivity (Wildman–Crippen MR) is 93.4 cm³/mol. The van der Waals surface area contributed by atoms with Crippen LogP contribution in [0.2, 0.25) is 0 Å². The van der Waals surface area contributed by atoms with Crippen molar-refractivity contribution in [2.75, 3.05) is 0 Å². The molecule has 0 saturated heterocycles. The molecule has 0 radical (unpaired) electrons. The second-order valence-corrected chi connectivity index (χ2v) is 6.87. The predicted octanol–water partition coefficient (Wildman–Crippen LogP) is 2.51. The number of hydrogen-bond acceptors (Lipinski definition) is 5. The number of nitro benzene ring substituents is 1. The van der Waals surface area contributed by atoms with Crippen molar-refractivity contribution in [3.05, 3.63) is 69.8 Å². The molecule has 0 bridgehead atoms. The average molecular weight is 372 g/mol. The number of nitro groups is 1. The number of hydrogen-bond donors (Lipinski definition) is 2. The van der Waals surface area contributed by atoms with Crippen LogP contribution in [0.3, 0.4) is 0 Å². The Kier molecular flexibility index (Phi) is 6.85. The zero-order valence-corrected chi connectivity index (χ0v) is 14.5. The minimum absolute atomic E-state index is 0. The zero-order chi connectivity index (χ0) is 17.0. The van der Waals surface area contributed by atoms with E-state index in [0.717, 1.165) is 23.3 Å². The molecule has 0 aromatic heterocycles. The Balaban J connectivity index is 0.00000288. The Morgan fingerprint density at radius 3 is 2.12 bits per heavy atom. The third kappa shape index (κ3) is 5.00. The summed E-state index contributed by atoms with van der Waals surface area (Å²) in [5.74, 6) is 0. The summed E-state index contributed by atoms with van der Waals surface area (Å²) in [6.07, 6.45) is 0. The van der Waals surface area contributed by atoms with Gasteiger partial charge in [0, 0.05) is 24.7 Å². The van der Waals surface area contributed by atoms with Gasteiger partial charge in [0.1, 0.15) is 0 Å². The molecule has 9 heteroatoms. The molecule has 130 valence electrons. The van der Waals surface area contributed by atoms with Crippen LogP contribution in [-0.2, 0) is 16.6 Å². The first-order chi connectivity index (χ1) is 10.8. The van der Waals surface area contributed by atoms with E-state index in [1.54, 1.807) is 12.1 Å². The molecule has 0 heterocycles. The maximum absolute atomic E-state index is 12.2. The van der Waals surface area contributed by atoms with Gasteiger partial charge in [-0.05, 0) is 30.2 Å². The number of sulfonamides is 1. The molecule has 0 aliphatic rings. The van der Waals surface area contributed by atoms with Crippen molar-refractivity contribution in [2.45, 2.75) is 24.4 Å². The van der Waals surface area contributed by atoms with Crippen molar-refractivity contribution in [3.8, 4) is 0 Å². The molecule has 0 fully saturated rings. The van der Waals surface area contributed by atoms with E-state index in [1.165, 1.54) is 12.1 Å². The first kappa shape index (κ1) is 20.0. The van der Waals surface area contributed by atoms with Gasteiger partial charge < -0.3 is 5.73 Å². The van der Waals surface area contributed by atoms with E-state index in [-0.39, 0.29) is 35.6 Å². The first-order valence-corrected chi connectivity index (χ1v) is 8.36. The van der Waals surface area contributed by atoms with Crippen LogP contribution in [0.1, 0.15) is 24.1 Å². The Bertz CT molecular complexity index is 790. The van der Waals surface area contributed by atoms with E-state index >= 15 is 0 Å². The van der Waals surface area contributed by atoms with E-state index in [1.807, 2.05) is 19.1 Å². The van der Waals surface area contributed by atoms with Crippen molar-refractivity contribution in [2.24, 2.45) is 5.73 Å². The van der Waals surface area contributed by atoms with Gasteiger partial charge >= 0.3 is 0 Å². The molecule has 0 aliphatic heterocycles. The molecule has 24 heavy (non-hydrogen) atoms. The third-order valence-corrected chi connectivity index (χ3v) is 4.75. The van der Waals surface area contributed by atoms with E-state index in [2.05, 4.69) is 4.72 Å². The number of nitrogens with zero attached hydrogens (tertiary/aromatic N) is 1. The summed E-state index contributed by atoms with van der Waals surface area (Å²) < 4.78 is 26.8. The van der Waals surface area contributed by atoms with Crippen LogP contribution >= 0.6 is 12.4 Å². The largest absolute Gasteiger partial charge is 0.324 e. The van der Waals surface area contributed by atoms with Gasteiger partial charge in [0.15, 0.2) is 0 Å². The van der Waals surface area contributed by atoms with Crippen molar-refractivity contribution in [3.63, 3.8) is 0 Å². The van der Waals surface area contributed by atoms with Crippen LogP contribution in [0.15, 0.2) is 53.4 Å². The van der Waals surface area contributed by atoms with Gasteiger partial charge in [-0.3, -0.25) is 10.1 Å². The number of nitrogens with one attached hydrogen (secondary N) is 1. The topological polar surface area (TPSA) is 115 Å². The Morgan fingerprint density at radius 2 is 1.67 bits per heavy atom. The van der Waals surface area contributed by atoms with Crippen molar-refractivity contribution in [1.82, 2.24) is 4.72 Å². The lowest BCUT2D eigenvalue weighted by Crippen LogP contribution is -2.23. The molecule has 0 aliphatic carbocycles. The summed E-state index contributed by atoms with van der Waals surface area (Å²) >= 11 is 0. The van der Waals surface area contributed by atoms with Gasteiger partial charge in [-0.1, -0.05) is 24.3 Å². The molecule has 7 nitrogen and oxygen atoms in total. The van der Waals surface area contributed by atoms with Gasteiger partial charge in [0.25, 0.3) is 5.69 Å². The third-order valence-electron chi connectivity index (χ3n) is 3.33. The van der Waals surface area contributed by atoms with Crippen LogP contribution in [0, 0.1) is 10.1 Å². The minimum atomic E-state index is -3.72. The molecule has 0 amide bonds. The van der Waals surface area contributed by atoms with E-state index < -0.39 is 14.9 Å². The molecule has 2 aromatic rings. The quantitative estimate of drug-likeness (QED) is 0.598. The lowest BCUT2D eigenvalue weighted by molar-refractivity contribution is -0.384. The highest BCUT2D eigenvalue weighted by molar-refractivity contribution is 7.89. The van der Waals surface area contributed by atoms with Crippen LogP contribution in [0.5, 0.6) is 0 Å². The maximum atomic E-state index is 12.2. The average Bonchev–Trinajstić information content (AvgIpc) is 2.53. The monoisotopic (exact) mass is 371 g/mol. The molecular formula is C15H18ClN3O4S. The highest BCUT2D eigenvalue weighted by atomic mass is 35.5. The van der Waals surface area contributed by atoms with Gasteiger partial charge in [0.2, 0.25) is 10.0 Å². The molecule has 1 atom stereocenters. The molecular weight excluding hydrogens is 354 g/mol. The van der Waals surface area contributed by atoms with E-state index in [9.17, 15) is 18.5 Å². The van der Waals surface area contributed by atoms with E-state index in [0.29, 0.717) is 0 Å². The summed E-state index contributed by atoms with van der Waals surface area (Å²) in [5, 5.41) is 10.6. The maximum Gasteiger partial charge on any atom is 0.269 e. The smallest absolute Gasteiger partial charge is 0.269 e. The summed E-state index contributed by atoms with van der Waals surface area (Å²) in [5.41, 5.74) is 7.36. The standard InChI is InChI=1S/C15H17N3O4S.ClH/c1-11(16)13-4-2-12(3-5-13)10-17-23(21,22)15-8-6-14(7-9-15)18(19)20;/h2-9,11,17H,10,16H2,1H3;1H. The highest BCUT2D eigenvalue weighted by Gasteiger charge is 2.15. The number of halogens is 1. The first-order valence-electron chi connectivity index (χ1n) is 6.88. The Morgan fingerprint density at radius 1 is 1.12 bits per heavy atom. The van der Waals surface area contributed by atoms with Crippen molar-refractivity contribution >= 4 is 28.1 Å². The lowest BCUT2D eigenvalue weighted by Gasteiger charge is -2.09. The Hall–Kier alpha value is -2.00. The normalized spacial score (nSPS) is 12.2. The number of rotatable bonds is 6. The van der Waals surface area contributed by atoms with Crippen molar-refractivity contribution in [1.29, 1.82) is 0 Å². The summed E-state index contributed by atoms with van der Waals surface area (Å²) in [7, 11) is -3.72. The second kappa shape index (κ2) is 8.20.